The van der Waals surface area contributed by atoms with Crippen molar-refractivity contribution in [2.45, 2.75) is 25.5 Å². The summed E-state index contributed by atoms with van der Waals surface area (Å²) in [5.74, 6) is 0.0414. The van der Waals surface area contributed by atoms with Crippen LogP contribution >= 0.6 is 11.3 Å². The molecule has 2 atom stereocenters. The fourth-order valence-electron chi connectivity index (χ4n) is 1.42. The Morgan fingerprint density at radius 2 is 2.25 bits per heavy atom. The molecule has 3 N–H and O–H groups in total. The maximum Gasteiger partial charge on any atom is 0.265 e. The van der Waals surface area contributed by atoms with Gasteiger partial charge in [0.15, 0.2) is 5.13 Å². The molecule has 0 aromatic carbocycles. The van der Waals surface area contributed by atoms with Crippen molar-refractivity contribution in [1.82, 2.24) is 10.3 Å². The normalized spacial score (nSPS) is 13.8. The molecule has 0 spiro atoms. The Morgan fingerprint density at radius 3 is 2.80 bits per heavy atom. The second-order valence-corrected chi connectivity index (χ2v) is 7.36. The number of rotatable bonds is 7. The zero-order chi connectivity index (χ0) is 15.3. The highest BCUT2D eigenvalue weighted by Crippen LogP contribution is 2.27. The second kappa shape index (κ2) is 7.58. The lowest BCUT2D eigenvalue weighted by molar-refractivity contribution is 0.0958. The lowest BCUT2D eigenvalue weighted by Gasteiger charge is -2.11. The van der Waals surface area contributed by atoms with Crippen LogP contribution in [-0.4, -0.2) is 46.7 Å². The topological polar surface area (TPSA) is 88.3 Å². The highest BCUT2D eigenvalue weighted by atomic mass is 32.2. The van der Waals surface area contributed by atoms with E-state index in [1.807, 2.05) is 25.8 Å². The van der Waals surface area contributed by atoms with Crippen LogP contribution in [0.4, 0.5) is 10.9 Å². The molecule has 0 aliphatic rings. The zero-order valence-electron chi connectivity index (χ0n) is 12.3. The molecule has 1 heterocycles. The molecule has 0 saturated heterocycles. The molecule has 1 aromatic heterocycles. The van der Waals surface area contributed by atoms with Crippen molar-refractivity contribution in [3.05, 3.63) is 4.88 Å². The van der Waals surface area contributed by atoms with Crippen LogP contribution in [-0.2, 0) is 10.8 Å². The number of carbonyl (C=O) groups excluding carboxylic acids is 1. The van der Waals surface area contributed by atoms with E-state index < -0.39 is 10.8 Å². The van der Waals surface area contributed by atoms with Crippen LogP contribution in [0.5, 0.6) is 0 Å². The van der Waals surface area contributed by atoms with Crippen LogP contribution in [0.2, 0.25) is 0 Å². The molecule has 1 amide bonds. The maximum absolute atomic E-state index is 12.0. The molecule has 6 nitrogen and oxygen atoms in total. The van der Waals surface area contributed by atoms with Gasteiger partial charge in [-0.2, -0.15) is 0 Å². The third-order valence-electron chi connectivity index (χ3n) is 3.05. The van der Waals surface area contributed by atoms with Gasteiger partial charge in [0, 0.05) is 42.4 Å². The lowest BCUT2D eigenvalue weighted by Crippen LogP contribution is -2.27. The quantitative estimate of drug-likeness (QED) is 0.785. The van der Waals surface area contributed by atoms with Gasteiger partial charge in [-0.05, 0) is 13.3 Å². The first-order valence-corrected chi connectivity index (χ1v) is 8.88. The van der Waals surface area contributed by atoms with E-state index in [0.29, 0.717) is 17.8 Å². The number of hydrogen-bond acceptors (Lipinski definition) is 6. The first kappa shape index (κ1) is 16.9. The number of nitrogens with two attached hydrogens (primary N) is 1. The molecule has 1 aromatic rings. The average Bonchev–Trinajstić information content (AvgIpc) is 2.79. The Kier molecular flexibility index (Phi) is 6.41. The molecule has 0 fully saturated rings. The van der Waals surface area contributed by atoms with E-state index in [0.717, 1.165) is 11.7 Å². The summed E-state index contributed by atoms with van der Waals surface area (Å²) < 4.78 is 11.2. The average molecular weight is 318 g/mol. The lowest BCUT2D eigenvalue weighted by atomic mass is 10.3. The Bertz CT molecular complexity index is 490. The first-order chi connectivity index (χ1) is 9.36. The standard InChI is InChI=1S/C12H22N4O2S2/c1-5-16(3)12-15-10(13)9(19-12)11(17)14-7-6-8(2)20(4)18/h8H,5-7,13H2,1-4H3,(H,14,17). The minimum absolute atomic E-state index is 0.0656. The highest BCUT2D eigenvalue weighted by Gasteiger charge is 2.17. The monoisotopic (exact) mass is 318 g/mol. The van der Waals surface area contributed by atoms with Gasteiger partial charge in [0.05, 0.1) is 0 Å². The van der Waals surface area contributed by atoms with E-state index in [1.54, 1.807) is 6.26 Å². The Morgan fingerprint density at radius 1 is 1.60 bits per heavy atom. The molecular weight excluding hydrogens is 296 g/mol. The third-order valence-corrected chi connectivity index (χ3v) is 5.61. The summed E-state index contributed by atoms with van der Waals surface area (Å²) in [6, 6.07) is 0. The van der Waals surface area contributed by atoms with Gasteiger partial charge >= 0.3 is 0 Å². The van der Waals surface area contributed by atoms with Crippen LogP contribution in [0.15, 0.2) is 0 Å². The van der Waals surface area contributed by atoms with Crippen molar-refractivity contribution >= 4 is 39.0 Å². The summed E-state index contributed by atoms with van der Waals surface area (Å²) in [6.07, 6.45) is 2.34. The number of nitrogens with one attached hydrogen (secondary N) is 1. The summed E-state index contributed by atoms with van der Waals surface area (Å²) >= 11 is 1.28. The Balaban J connectivity index is 2.60. The number of carbonyl (C=O) groups is 1. The van der Waals surface area contributed by atoms with Crippen molar-refractivity contribution in [2.75, 3.05) is 37.0 Å². The molecule has 8 heteroatoms. The van der Waals surface area contributed by atoms with Crippen LogP contribution < -0.4 is 16.0 Å². The fourth-order valence-corrected chi connectivity index (χ4v) is 2.79. The summed E-state index contributed by atoms with van der Waals surface area (Å²) in [6.45, 7) is 5.19. The molecule has 114 valence electrons. The van der Waals surface area contributed by atoms with Gasteiger partial charge in [0.1, 0.15) is 10.7 Å². The van der Waals surface area contributed by atoms with Crippen LogP contribution in [0.3, 0.4) is 0 Å². The van der Waals surface area contributed by atoms with E-state index in [9.17, 15) is 9.00 Å². The van der Waals surface area contributed by atoms with E-state index in [-0.39, 0.29) is 17.0 Å². The predicted octanol–water partition coefficient (Wildman–Crippen LogP) is 1.07. The summed E-state index contributed by atoms with van der Waals surface area (Å²) in [5, 5.41) is 3.59. The summed E-state index contributed by atoms with van der Waals surface area (Å²) in [4.78, 5) is 18.6. The maximum atomic E-state index is 12.0. The van der Waals surface area contributed by atoms with Gasteiger partial charge in [-0.15, -0.1) is 0 Å². The van der Waals surface area contributed by atoms with E-state index in [2.05, 4.69) is 10.3 Å². The van der Waals surface area contributed by atoms with Gasteiger partial charge in [0.2, 0.25) is 0 Å². The van der Waals surface area contributed by atoms with Crippen LogP contribution in [0.25, 0.3) is 0 Å². The van der Waals surface area contributed by atoms with Gasteiger partial charge < -0.3 is 16.0 Å². The largest absolute Gasteiger partial charge is 0.382 e. The van der Waals surface area contributed by atoms with Crippen molar-refractivity contribution in [3.8, 4) is 0 Å². The van der Waals surface area contributed by atoms with E-state index >= 15 is 0 Å². The van der Waals surface area contributed by atoms with Crippen molar-refractivity contribution in [1.29, 1.82) is 0 Å². The SMILES string of the molecule is CCN(C)c1nc(N)c(C(=O)NCCC(C)S(C)=O)s1. The van der Waals surface area contributed by atoms with Gasteiger partial charge in [0.25, 0.3) is 5.91 Å². The predicted molar refractivity (Wildman–Crippen MR) is 85.9 cm³/mol. The molecule has 0 radical (unpaired) electrons. The zero-order valence-corrected chi connectivity index (χ0v) is 13.9. The smallest absolute Gasteiger partial charge is 0.265 e. The molecule has 2 unspecified atom stereocenters. The molecule has 0 aliphatic heterocycles. The Hall–Kier alpha value is -1.15. The summed E-state index contributed by atoms with van der Waals surface area (Å²) in [7, 11) is 1.03. The minimum atomic E-state index is -0.870. The number of thiazole rings is 1. The number of aromatic nitrogens is 1. The highest BCUT2D eigenvalue weighted by molar-refractivity contribution is 7.84. The third kappa shape index (κ3) is 4.45. The second-order valence-electron chi connectivity index (χ2n) is 4.58. The minimum Gasteiger partial charge on any atom is -0.382 e. The number of amides is 1. The first-order valence-electron chi connectivity index (χ1n) is 6.44. The Labute approximate surface area is 126 Å². The molecule has 0 aliphatic carbocycles. The molecule has 0 saturated carbocycles. The van der Waals surface area contributed by atoms with Crippen LogP contribution in [0.1, 0.15) is 29.9 Å². The number of anilines is 2. The molecule has 0 bridgehead atoms. The van der Waals surface area contributed by atoms with Crippen molar-refractivity contribution in [3.63, 3.8) is 0 Å². The fraction of sp³-hybridized carbons (Fsp3) is 0.667. The van der Waals surface area contributed by atoms with E-state index in [4.69, 9.17) is 5.73 Å². The van der Waals surface area contributed by atoms with E-state index in [1.165, 1.54) is 11.3 Å². The van der Waals surface area contributed by atoms with Crippen LogP contribution in [0, 0.1) is 0 Å². The number of hydrogen-bond donors (Lipinski definition) is 2. The van der Waals surface area contributed by atoms with Gasteiger partial charge in [-0.25, -0.2) is 4.98 Å². The molecular formula is C12H22N4O2S2. The summed E-state index contributed by atoms with van der Waals surface area (Å²) in [5.41, 5.74) is 5.78. The number of nitrogen functional groups attached to an aromatic ring is 1. The number of nitrogens with zero attached hydrogens (tertiary/aromatic N) is 2. The molecule has 1 rings (SSSR count). The van der Waals surface area contributed by atoms with Crippen molar-refractivity contribution < 1.29 is 9.00 Å². The molecule has 20 heavy (non-hydrogen) atoms. The van der Waals surface area contributed by atoms with Crippen molar-refractivity contribution in [2.24, 2.45) is 0 Å². The van der Waals surface area contributed by atoms with Gasteiger partial charge in [-0.1, -0.05) is 18.3 Å². The van der Waals surface area contributed by atoms with Gasteiger partial charge in [-0.3, -0.25) is 9.00 Å².